The Morgan fingerprint density at radius 1 is 1.24 bits per heavy atom. The second-order valence-corrected chi connectivity index (χ2v) is 12.0. The second-order valence-electron chi connectivity index (χ2n) is 12.0. The van der Waals surface area contributed by atoms with Gasteiger partial charge in [-0.1, -0.05) is 38.0 Å². The van der Waals surface area contributed by atoms with Crippen LogP contribution >= 0.6 is 0 Å². The number of allylic oxidation sites excluding steroid dienone is 5. The number of ketones is 2. The molecule has 34 heavy (non-hydrogen) atoms. The zero-order valence-corrected chi connectivity index (χ0v) is 20.1. The van der Waals surface area contributed by atoms with Crippen molar-refractivity contribution < 1.29 is 29.3 Å². The molecule has 184 valence electrons. The monoisotopic (exact) mass is 468 g/mol. The number of Topliss-reactive ketones (excluding diaryl/α,β-unsaturated/α-hetero) is 1. The quantitative estimate of drug-likeness (QED) is 0.615. The van der Waals surface area contributed by atoms with Crippen LogP contribution in [-0.2, 0) is 19.1 Å². The van der Waals surface area contributed by atoms with Gasteiger partial charge in [0.2, 0.25) is 0 Å². The lowest BCUT2D eigenvalue weighted by atomic mass is 9.46. The fraction of sp³-hybridized carbons (Fsp3) is 0.714. The molecule has 1 heterocycles. The summed E-state index contributed by atoms with van der Waals surface area (Å²) >= 11 is 0. The van der Waals surface area contributed by atoms with Gasteiger partial charge in [-0.25, -0.2) is 0 Å². The molecule has 6 rings (SSSR count). The lowest BCUT2D eigenvalue weighted by Gasteiger charge is -2.59. The summed E-state index contributed by atoms with van der Waals surface area (Å²) in [5.74, 6) is 0.522. The van der Waals surface area contributed by atoms with Gasteiger partial charge in [0.1, 0.15) is 6.61 Å². The highest BCUT2D eigenvalue weighted by Gasteiger charge is 2.75. The van der Waals surface area contributed by atoms with E-state index in [2.05, 4.69) is 19.9 Å². The second kappa shape index (κ2) is 7.70. The standard InChI is InChI=1S/C28H36O6/c1-26-11-10-18(30)12-17(26)7-8-19-20-13-23-28(22(32)15-29,27(20,2)14-21(31)25(19)26)34-24(33-23)9-6-16-4-3-5-16/h6,9-12,16,19-21,23-25,29,31H,3-5,7-8,13-15H2,1-2H3/b9-6+/t19-,20-,21-,23+,24+,25+,26-,27-,28+/m0/s1. The first-order valence-corrected chi connectivity index (χ1v) is 13.0. The zero-order chi connectivity index (χ0) is 23.9. The van der Waals surface area contributed by atoms with E-state index in [4.69, 9.17) is 9.47 Å². The first kappa shape index (κ1) is 22.8. The maximum Gasteiger partial charge on any atom is 0.193 e. The van der Waals surface area contributed by atoms with Crippen LogP contribution in [0.5, 0.6) is 0 Å². The molecule has 0 amide bonds. The van der Waals surface area contributed by atoms with Crippen molar-refractivity contribution in [2.45, 2.75) is 82.9 Å². The van der Waals surface area contributed by atoms with Gasteiger partial charge in [0, 0.05) is 16.7 Å². The molecule has 0 aromatic carbocycles. The number of fused-ring (bicyclic) bond motifs is 7. The Balaban J connectivity index is 1.35. The molecule has 0 radical (unpaired) electrons. The molecule has 1 aliphatic heterocycles. The van der Waals surface area contributed by atoms with E-state index in [-0.39, 0.29) is 34.7 Å². The van der Waals surface area contributed by atoms with Gasteiger partial charge in [-0.3, -0.25) is 9.59 Å². The van der Waals surface area contributed by atoms with Crippen molar-refractivity contribution in [1.82, 2.24) is 0 Å². The molecule has 2 N–H and O–H groups in total. The fourth-order valence-electron chi connectivity index (χ4n) is 8.68. The van der Waals surface area contributed by atoms with E-state index in [0.29, 0.717) is 18.8 Å². The SMILES string of the molecule is C[C@]12C=CC(=O)C=C1CC[C@@H]1[C@@H]2[C@@H](O)C[C@@]2(C)[C@H]1C[C@H]1O[C@@H](/C=C/C3CCC3)O[C@]12C(=O)CO. The lowest BCUT2D eigenvalue weighted by molar-refractivity contribution is -0.193. The highest BCUT2D eigenvalue weighted by molar-refractivity contribution is 6.01. The molecule has 6 heteroatoms. The minimum atomic E-state index is -1.25. The van der Waals surface area contributed by atoms with Crippen LogP contribution in [0.4, 0.5) is 0 Å². The smallest absolute Gasteiger partial charge is 0.193 e. The highest BCUT2D eigenvalue weighted by atomic mass is 16.7. The number of hydrogen-bond acceptors (Lipinski definition) is 6. The molecule has 5 fully saturated rings. The van der Waals surface area contributed by atoms with Crippen molar-refractivity contribution in [1.29, 1.82) is 0 Å². The zero-order valence-electron chi connectivity index (χ0n) is 20.1. The van der Waals surface area contributed by atoms with Gasteiger partial charge in [-0.2, -0.15) is 0 Å². The van der Waals surface area contributed by atoms with E-state index < -0.39 is 36.1 Å². The highest BCUT2D eigenvalue weighted by Crippen LogP contribution is 2.69. The van der Waals surface area contributed by atoms with Crippen molar-refractivity contribution in [2.24, 2.45) is 34.5 Å². The molecule has 0 aromatic rings. The molecular formula is C28H36O6. The molecule has 0 bridgehead atoms. The maximum atomic E-state index is 13.4. The van der Waals surface area contributed by atoms with Crippen molar-refractivity contribution in [3.05, 3.63) is 36.0 Å². The van der Waals surface area contributed by atoms with E-state index in [1.165, 1.54) is 19.3 Å². The van der Waals surface area contributed by atoms with Crippen molar-refractivity contribution in [2.75, 3.05) is 6.61 Å². The number of carbonyl (C=O) groups excluding carboxylic acids is 2. The van der Waals surface area contributed by atoms with Crippen LogP contribution in [0.2, 0.25) is 0 Å². The third-order valence-electron chi connectivity index (χ3n) is 10.5. The topological polar surface area (TPSA) is 93.1 Å². The van der Waals surface area contributed by atoms with Gasteiger partial charge in [0.15, 0.2) is 23.5 Å². The van der Waals surface area contributed by atoms with Crippen LogP contribution in [0.15, 0.2) is 36.0 Å². The Hall–Kier alpha value is -1.60. The number of aliphatic hydroxyl groups excluding tert-OH is 2. The summed E-state index contributed by atoms with van der Waals surface area (Å²) in [5.41, 5.74) is -1.14. The van der Waals surface area contributed by atoms with Gasteiger partial charge in [-0.15, -0.1) is 0 Å². The van der Waals surface area contributed by atoms with Gasteiger partial charge < -0.3 is 19.7 Å². The number of hydrogen-bond donors (Lipinski definition) is 2. The Morgan fingerprint density at radius 2 is 2.03 bits per heavy atom. The van der Waals surface area contributed by atoms with Crippen molar-refractivity contribution >= 4 is 11.6 Å². The van der Waals surface area contributed by atoms with Gasteiger partial charge in [0.25, 0.3) is 0 Å². The molecule has 4 saturated carbocycles. The van der Waals surface area contributed by atoms with Crippen LogP contribution in [-0.4, -0.2) is 52.5 Å². The molecule has 5 aliphatic carbocycles. The van der Waals surface area contributed by atoms with E-state index in [0.717, 1.165) is 18.4 Å². The first-order valence-electron chi connectivity index (χ1n) is 13.0. The molecule has 9 atom stereocenters. The normalized spacial score (nSPS) is 49.8. The summed E-state index contributed by atoms with van der Waals surface area (Å²) in [4.78, 5) is 25.4. The third kappa shape index (κ3) is 2.89. The summed E-state index contributed by atoms with van der Waals surface area (Å²) < 4.78 is 12.8. The maximum absolute atomic E-state index is 13.4. The third-order valence-corrected chi connectivity index (χ3v) is 10.5. The van der Waals surface area contributed by atoms with E-state index in [1.807, 2.05) is 12.2 Å². The van der Waals surface area contributed by atoms with Crippen LogP contribution in [0, 0.1) is 34.5 Å². The summed E-state index contributed by atoms with van der Waals surface area (Å²) in [6, 6.07) is 0. The van der Waals surface area contributed by atoms with E-state index in [1.54, 1.807) is 12.2 Å². The van der Waals surface area contributed by atoms with Crippen LogP contribution in [0.3, 0.4) is 0 Å². The summed E-state index contributed by atoms with van der Waals surface area (Å²) in [5, 5.41) is 21.6. The molecule has 6 aliphatic rings. The molecule has 0 unspecified atom stereocenters. The predicted molar refractivity (Wildman–Crippen MR) is 124 cm³/mol. The Bertz CT molecular complexity index is 993. The van der Waals surface area contributed by atoms with E-state index >= 15 is 0 Å². The fourth-order valence-corrected chi connectivity index (χ4v) is 8.68. The lowest BCUT2D eigenvalue weighted by Crippen LogP contribution is -2.63. The van der Waals surface area contributed by atoms with Gasteiger partial charge >= 0.3 is 0 Å². The van der Waals surface area contributed by atoms with E-state index in [9.17, 15) is 19.8 Å². The molecule has 6 nitrogen and oxygen atoms in total. The molecule has 1 saturated heterocycles. The van der Waals surface area contributed by atoms with Crippen molar-refractivity contribution in [3.63, 3.8) is 0 Å². The minimum Gasteiger partial charge on any atom is -0.393 e. The largest absolute Gasteiger partial charge is 0.393 e. The van der Waals surface area contributed by atoms with Crippen molar-refractivity contribution in [3.8, 4) is 0 Å². The van der Waals surface area contributed by atoms with Gasteiger partial charge in [0.05, 0.1) is 12.2 Å². The number of ether oxygens (including phenoxy) is 2. The van der Waals surface area contributed by atoms with Crippen LogP contribution < -0.4 is 0 Å². The molecule has 0 aromatic heterocycles. The van der Waals surface area contributed by atoms with Gasteiger partial charge in [-0.05, 0) is 74.5 Å². The summed E-state index contributed by atoms with van der Waals surface area (Å²) in [6.07, 6.45) is 14.2. The Kier molecular flexibility index (Phi) is 5.17. The minimum absolute atomic E-state index is 0.0201. The number of rotatable bonds is 4. The number of aliphatic hydroxyl groups is 2. The number of carbonyl (C=O) groups is 2. The first-order chi connectivity index (χ1) is 16.2. The summed E-state index contributed by atoms with van der Waals surface area (Å²) in [6.45, 7) is 3.62. The Labute approximate surface area is 201 Å². The Morgan fingerprint density at radius 3 is 2.74 bits per heavy atom. The molecule has 0 spiro atoms. The molecular weight excluding hydrogens is 432 g/mol. The van der Waals surface area contributed by atoms with Crippen LogP contribution in [0.25, 0.3) is 0 Å². The van der Waals surface area contributed by atoms with Crippen LogP contribution in [0.1, 0.15) is 58.8 Å². The summed E-state index contributed by atoms with van der Waals surface area (Å²) in [7, 11) is 0. The average Bonchev–Trinajstić information content (AvgIpc) is 3.25. The average molecular weight is 469 g/mol. The predicted octanol–water partition coefficient (Wildman–Crippen LogP) is 3.27.